The Kier molecular flexibility index (Phi) is 7.32. The monoisotopic (exact) mass is 357 g/mol. The number of alkyl carbamates (subject to hydrolysis) is 1. The van der Waals surface area contributed by atoms with E-state index in [1.54, 1.807) is 32.5 Å². The second kappa shape index (κ2) is 8.37. The van der Waals surface area contributed by atoms with Gasteiger partial charge in [0.15, 0.2) is 5.78 Å². The Morgan fingerprint density at radius 1 is 1.25 bits per heavy atom. The summed E-state index contributed by atoms with van der Waals surface area (Å²) >= 11 is 1.61. The number of carbonyl (C=O) groups excluding carboxylic acids is 3. The second-order valence-corrected chi connectivity index (χ2v) is 9.39. The molecule has 0 radical (unpaired) electrons. The van der Waals surface area contributed by atoms with Gasteiger partial charge in [0.2, 0.25) is 0 Å². The first-order valence-corrected chi connectivity index (χ1v) is 9.66. The largest absolute Gasteiger partial charge is 0.444 e. The van der Waals surface area contributed by atoms with Crippen molar-refractivity contribution in [2.45, 2.75) is 95.3 Å². The fourth-order valence-electron chi connectivity index (χ4n) is 2.78. The molecule has 0 aliphatic heterocycles. The molecule has 2 atom stereocenters. The Morgan fingerprint density at radius 3 is 2.25 bits per heavy atom. The van der Waals surface area contributed by atoms with E-state index in [0.717, 1.165) is 6.42 Å². The van der Waals surface area contributed by atoms with Crippen LogP contribution in [0.3, 0.4) is 0 Å². The van der Waals surface area contributed by atoms with Crippen LogP contribution in [0.5, 0.6) is 0 Å². The number of ketones is 2. The normalized spacial score (nSPS) is 20.2. The van der Waals surface area contributed by atoms with Gasteiger partial charge < -0.3 is 10.1 Å². The van der Waals surface area contributed by atoms with Crippen molar-refractivity contribution in [2.75, 3.05) is 0 Å². The zero-order valence-corrected chi connectivity index (χ0v) is 16.5. The minimum Gasteiger partial charge on any atom is -0.444 e. The fraction of sp³-hybridized carbons (Fsp3) is 0.833. The minimum atomic E-state index is -0.990. The number of rotatable bonds is 6. The lowest BCUT2D eigenvalue weighted by atomic mass is 9.77. The lowest BCUT2D eigenvalue weighted by molar-refractivity contribution is -0.129. The third-order valence-electron chi connectivity index (χ3n) is 4.25. The van der Waals surface area contributed by atoms with Crippen molar-refractivity contribution < 1.29 is 19.1 Å². The standard InChI is InChI=1S/C18H31NO4S/c1-7-12(2)24-13(3)15(21)18(10-8-14(20)9-11-18)19-16(22)23-17(4,5)6/h12-13H,7-11H2,1-6H3,(H,19,22). The highest BCUT2D eigenvalue weighted by atomic mass is 32.2. The summed E-state index contributed by atoms with van der Waals surface area (Å²) in [5.74, 6) is 0.137. The maximum absolute atomic E-state index is 13.1. The van der Waals surface area contributed by atoms with Crippen molar-refractivity contribution in [3.05, 3.63) is 0 Å². The fourth-order valence-corrected chi connectivity index (χ4v) is 4.02. The Labute approximate surface area is 149 Å². The predicted octanol–water partition coefficient (Wildman–Crippen LogP) is 3.88. The molecule has 0 aromatic heterocycles. The third kappa shape index (κ3) is 6.11. The Morgan fingerprint density at radius 2 is 1.79 bits per heavy atom. The van der Waals surface area contributed by atoms with E-state index in [2.05, 4.69) is 19.2 Å². The van der Waals surface area contributed by atoms with Crippen LogP contribution >= 0.6 is 11.8 Å². The van der Waals surface area contributed by atoms with Crippen LogP contribution in [0.15, 0.2) is 0 Å². The molecule has 1 N–H and O–H groups in total. The molecule has 5 nitrogen and oxygen atoms in total. The highest BCUT2D eigenvalue weighted by Crippen LogP contribution is 2.33. The summed E-state index contributed by atoms with van der Waals surface area (Å²) in [6.07, 6.45) is 1.74. The van der Waals surface area contributed by atoms with Crippen LogP contribution < -0.4 is 5.32 Å². The molecule has 2 unspecified atom stereocenters. The van der Waals surface area contributed by atoms with Crippen LogP contribution in [0.1, 0.15) is 73.6 Å². The van der Waals surface area contributed by atoms with Gasteiger partial charge in [-0.05, 0) is 47.0 Å². The average Bonchev–Trinajstić information content (AvgIpc) is 2.46. The van der Waals surface area contributed by atoms with Gasteiger partial charge in [-0.3, -0.25) is 9.59 Å². The van der Waals surface area contributed by atoms with Gasteiger partial charge in [-0.2, -0.15) is 0 Å². The molecule has 1 rings (SSSR count). The van der Waals surface area contributed by atoms with Crippen LogP contribution in [-0.4, -0.2) is 39.3 Å². The van der Waals surface area contributed by atoms with E-state index in [4.69, 9.17) is 4.74 Å². The maximum atomic E-state index is 13.1. The Bertz CT molecular complexity index is 474. The van der Waals surface area contributed by atoms with Crippen molar-refractivity contribution in [3.8, 4) is 0 Å². The SMILES string of the molecule is CCC(C)SC(C)C(=O)C1(NC(=O)OC(C)(C)C)CCC(=O)CC1. The van der Waals surface area contributed by atoms with Gasteiger partial charge in [0.05, 0.1) is 5.25 Å². The summed E-state index contributed by atoms with van der Waals surface area (Å²) in [5.41, 5.74) is -1.62. The summed E-state index contributed by atoms with van der Waals surface area (Å²) in [6, 6.07) is 0. The van der Waals surface area contributed by atoms with Gasteiger partial charge in [-0.15, -0.1) is 11.8 Å². The number of hydrogen-bond donors (Lipinski definition) is 1. The lowest BCUT2D eigenvalue weighted by Gasteiger charge is -2.38. The number of Topliss-reactive ketones (excluding diaryl/α,β-unsaturated/α-hetero) is 2. The quantitative estimate of drug-likeness (QED) is 0.781. The van der Waals surface area contributed by atoms with E-state index in [1.807, 2.05) is 6.92 Å². The van der Waals surface area contributed by atoms with E-state index < -0.39 is 17.2 Å². The number of amides is 1. The molecule has 1 fully saturated rings. The predicted molar refractivity (Wildman–Crippen MR) is 97.4 cm³/mol. The van der Waals surface area contributed by atoms with E-state index >= 15 is 0 Å². The van der Waals surface area contributed by atoms with Crippen LogP contribution in [-0.2, 0) is 14.3 Å². The van der Waals surface area contributed by atoms with Gasteiger partial charge in [0, 0.05) is 18.1 Å². The molecular formula is C18H31NO4S. The van der Waals surface area contributed by atoms with Crippen molar-refractivity contribution in [1.82, 2.24) is 5.32 Å². The topological polar surface area (TPSA) is 72.5 Å². The van der Waals surface area contributed by atoms with Gasteiger partial charge in [-0.25, -0.2) is 4.79 Å². The summed E-state index contributed by atoms with van der Waals surface area (Å²) in [7, 11) is 0. The smallest absolute Gasteiger partial charge is 0.408 e. The molecule has 1 amide bonds. The molecule has 1 aliphatic rings. The first-order valence-electron chi connectivity index (χ1n) is 8.71. The molecule has 0 aromatic rings. The van der Waals surface area contributed by atoms with Crippen molar-refractivity contribution in [2.24, 2.45) is 0 Å². The number of ether oxygens (including phenoxy) is 1. The van der Waals surface area contributed by atoms with E-state index in [1.165, 1.54) is 0 Å². The maximum Gasteiger partial charge on any atom is 0.408 e. The van der Waals surface area contributed by atoms with Crippen LogP contribution in [0.25, 0.3) is 0 Å². The van der Waals surface area contributed by atoms with Gasteiger partial charge in [-0.1, -0.05) is 13.8 Å². The average molecular weight is 358 g/mol. The molecule has 1 saturated carbocycles. The highest BCUT2D eigenvalue weighted by Gasteiger charge is 2.45. The molecule has 0 heterocycles. The molecule has 0 saturated heterocycles. The summed E-state index contributed by atoms with van der Waals surface area (Å²) in [5, 5.41) is 2.94. The van der Waals surface area contributed by atoms with Crippen molar-refractivity contribution in [1.29, 1.82) is 0 Å². The molecular weight excluding hydrogens is 326 g/mol. The van der Waals surface area contributed by atoms with Crippen LogP contribution in [0, 0.1) is 0 Å². The number of carbonyl (C=O) groups is 3. The van der Waals surface area contributed by atoms with Crippen molar-refractivity contribution >= 4 is 29.4 Å². The minimum absolute atomic E-state index is 0.00819. The third-order valence-corrected chi connectivity index (χ3v) is 5.67. The zero-order valence-electron chi connectivity index (χ0n) is 15.7. The van der Waals surface area contributed by atoms with E-state index in [9.17, 15) is 14.4 Å². The van der Waals surface area contributed by atoms with Gasteiger partial charge >= 0.3 is 6.09 Å². The number of thioether (sulfide) groups is 1. The number of nitrogens with one attached hydrogen (secondary N) is 1. The first kappa shape index (κ1) is 21.0. The first-order chi connectivity index (χ1) is 11.0. The second-order valence-electron chi connectivity index (χ2n) is 7.61. The van der Waals surface area contributed by atoms with Crippen LogP contribution in [0.4, 0.5) is 4.79 Å². The molecule has 0 spiro atoms. The molecule has 6 heteroatoms. The van der Waals surface area contributed by atoms with Gasteiger partial charge in [0.1, 0.15) is 16.9 Å². The van der Waals surface area contributed by atoms with Crippen molar-refractivity contribution in [3.63, 3.8) is 0 Å². The summed E-state index contributed by atoms with van der Waals surface area (Å²) < 4.78 is 5.33. The van der Waals surface area contributed by atoms with E-state index in [-0.39, 0.29) is 16.8 Å². The van der Waals surface area contributed by atoms with E-state index in [0.29, 0.717) is 30.9 Å². The number of hydrogen-bond acceptors (Lipinski definition) is 5. The molecule has 0 bridgehead atoms. The molecule has 1 aliphatic carbocycles. The van der Waals surface area contributed by atoms with Crippen LogP contribution in [0.2, 0.25) is 0 Å². The Balaban J connectivity index is 2.92. The molecule has 0 aromatic carbocycles. The molecule has 138 valence electrons. The van der Waals surface area contributed by atoms with Gasteiger partial charge in [0.25, 0.3) is 0 Å². The highest BCUT2D eigenvalue weighted by molar-refractivity contribution is 8.01. The summed E-state index contributed by atoms with van der Waals surface area (Å²) in [6.45, 7) is 11.4. The zero-order chi connectivity index (χ0) is 18.5. The Hall–Kier alpha value is -1.04. The molecule has 24 heavy (non-hydrogen) atoms. The summed E-state index contributed by atoms with van der Waals surface area (Å²) in [4.78, 5) is 36.9. The lowest BCUT2D eigenvalue weighted by Crippen LogP contribution is -2.59.